The Hall–Kier alpha value is -2.09. The fourth-order valence-electron chi connectivity index (χ4n) is 2.31. The van der Waals surface area contributed by atoms with E-state index in [9.17, 15) is 4.79 Å². The molecule has 1 unspecified atom stereocenters. The highest BCUT2D eigenvalue weighted by molar-refractivity contribution is 5.83. The second-order valence-corrected chi connectivity index (χ2v) is 4.70. The SMILES string of the molecule is Cc1ccc(C2Cc3ccccc3OC2=O)cc1. The van der Waals surface area contributed by atoms with Gasteiger partial charge in [0.05, 0.1) is 5.92 Å². The fourth-order valence-corrected chi connectivity index (χ4v) is 2.31. The summed E-state index contributed by atoms with van der Waals surface area (Å²) < 4.78 is 5.39. The molecule has 2 nitrogen and oxygen atoms in total. The Morgan fingerprint density at radius 2 is 1.78 bits per heavy atom. The van der Waals surface area contributed by atoms with Crippen LogP contribution in [0.25, 0.3) is 0 Å². The molecule has 1 aliphatic heterocycles. The lowest BCUT2D eigenvalue weighted by atomic mass is 9.89. The van der Waals surface area contributed by atoms with Crippen molar-refractivity contribution < 1.29 is 9.53 Å². The van der Waals surface area contributed by atoms with E-state index in [-0.39, 0.29) is 11.9 Å². The van der Waals surface area contributed by atoms with E-state index in [2.05, 4.69) is 0 Å². The normalized spacial score (nSPS) is 18.1. The predicted octanol–water partition coefficient (Wildman–Crippen LogP) is 3.24. The number of rotatable bonds is 1. The third-order valence-corrected chi connectivity index (χ3v) is 3.37. The van der Waals surface area contributed by atoms with Gasteiger partial charge >= 0.3 is 5.97 Å². The third kappa shape index (κ3) is 1.90. The van der Waals surface area contributed by atoms with Gasteiger partial charge in [0.25, 0.3) is 0 Å². The number of carbonyl (C=O) groups excluding carboxylic acids is 1. The van der Waals surface area contributed by atoms with Gasteiger partial charge in [-0.1, -0.05) is 48.0 Å². The first kappa shape index (κ1) is 11.0. The van der Waals surface area contributed by atoms with Crippen molar-refractivity contribution in [2.75, 3.05) is 0 Å². The number of carbonyl (C=O) groups is 1. The first-order valence-electron chi connectivity index (χ1n) is 6.10. The van der Waals surface area contributed by atoms with Crippen molar-refractivity contribution in [3.05, 3.63) is 65.2 Å². The molecule has 0 saturated heterocycles. The summed E-state index contributed by atoms with van der Waals surface area (Å²) in [4.78, 5) is 12.0. The molecule has 1 heterocycles. The van der Waals surface area contributed by atoms with E-state index in [1.54, 1.807) is 0 Å². The van der Waals surface area contributed by atoms with E-state index >= 15 is 0 Å². The minimum atomic E-state index is -0.180. The monoisotopic (exact) mass is 238 g/mol. The predicted molar refractivity (Wildman–Crippen MR) is 69.7 cm³/mol. The number of benzene rings is 2. The zero-order valence-corrected chi connectivity index (χ0v) is 10.2. The maximum absolute atomic E-state index is 12.0. The molecule has 0 amide bonds. The molecule has 0 aromatic heterocycles. The van der Waals surface area contributed by atoms with Gasteiger partial charge in [-0.3, -0.25) is 4.79 Å². The van der Waals surface area contributed by atoms with Crippen LogP contribution in [0.2, 0.25) is 0 Å². The van der Waals surface area contributed by atoms with E-state index < -0.39 is 0 Å². The molecule has 0 saturated carbocycles. The molecule has 2 aromatic rings. The summed E-state index contributed by atoms with van der Waals surface area (Å²) in [6.07, 6.45) is 0.720. The van der Waals surface area contributed by atoms with Gasteiger partial charge in [0.1, 0.15) is 5.75 Å². The minimum Gasteiger partial charge on any atom is -0.426 e. The molecular formula is C16H14O2. The molecule has 90 valence electrons. The quantitative estimate of drug-likeness (QED) is 0.563. The summed E-state index contributed by atoms with van der Waals surface area (Å²) in [7, 11) is 0. The maximum atomic E-state index is 12.0. The minimum absolute atomic E-state index is 0.155. The van der Waals surface area contributed by atoms with Crippen LogP contribution in [0.5, 0.6) is 5.75 Å². The van der Waals surface area contributed by atoms with Crippen LogP contribution in [0.3, 0.4) is 0 Å². The van der Waals surface area contributed by atoms with E-state index in [1.165, 1.54) is 5.56 Å². The van der Waals surface area contributed by atoms with E-state index in [1.807, 2.05) is 55.5 Å². The second kappa shape index (κ2) is 4.30. The highest BCUT2D eigenvalue weighted by Crippen LogP contribution is 2.33. The summed E-state index contributed by atoms with van der Waals surface area (Å²) >= 11 is 0. The van der Waals surface area contributed by atoms with Gasteiger partial charge in [-0.05, 0) is 30.5 Å². The van der Waals surface area contributed by atoms with Crippen LogP contribution >= 0.6 is 0 Å². The van der Waals surface area contributed by atoms with Gasteiger partial charge in [0.2, 0.25) is 0 Å². The van der Waals surface area contributed by atoms with Crippen LogP contribution in [0, 0.1) is 6.92 Å². The first-order chi connectivity index (χ1) is 8.74. The Labute approximate surface area is 106 Å². The molecule has 2 aromatic carbocycles. The molecule has 2 heteroatoms. The van der Waals surface area contributed by atoms with Crippen molar-refractivity contribution in [2.24, 2.45) is 0 Å². The van der Waals surface area contributed by atoms with Gasteiger partial charge in [0, 0.05) is 0 Å². The Balaban J connectivity index is 1.95. The van der Waals surface area contributed by atoms with Crippen molar-refractivity contribution in [3.8, 4) is 5.75 Å². The summed E-state index contributed by atoms with van der Waals surface area (Å²) in [5.74, 6) is 0.365. The topological polar surface area (TPSA) is 26.3 Å². The van der Waals surface area contributed by atoms with Crippen LogP contribution in [0.15, 0.2) is 48.5 Å². The Morgan fingerprint density at radius 3 is 2.56 bits per heavy atom. The zero-order chi connectivity index (χ0) is 12.5. The van der Waals surface area contributed by atoms with Crippen LogP contribution in [0.1, 0.15) is 22.6 Å². The zero-order valence-electron chi connectivity index (χ0n) is 10.2. The number of ether oxygens (including phenoxy) is 1. The molecule has 0 radical (unpaired) electrons. The molecule has 1 atom stereocenters. The Kier molecular flexibility index (Phi) is 2.63. The van der Waals surface area contributed by atoms with Crippen LogP contribution < -0.4 is 4.74 Å². The lowest BCUT2D eigenvalue weighted by Gasteiger charge is -2.23. The second-order valence-electron chi connectivity index (χ2n) is 4.70. The van der Waals surface area contributed by atoms with Gasteiger partial charge < -0.3 is 4.74 Å². The molecule has 0 aliphatic carbocycles. The van der Waals surface area contributed by atoms with Crippen molar-refractivity contribution in [2.45, 2.75) is 19.3 Å². The number of esters is 1. The Bertz CT molecular complexity index is 584. The van der Waals surface area contributed by atoms with Gasteiger partial charge in [0.15, 0.2) is 0 Å². The maximum Gasteiger partial charge on any atom is 0.319 e. The molecule has 0 N–H and O–H groups in total. The average Bonchev–Trinajstić information content (AvgIpc) is 2.39. The number of fused-ring (bicyclic) bond motifs is 1. The lowest BCUT2D eigenvalue weighted by molar-refractivity contribution is -0.137. The number of hydrogen-bond acceptors (Lipinski definition) is 2. The molecule has 1 aliphatic rings. The molecule has 18 heavy (non-hydrogen) atoms. The molecule has 3 rings (SSSR count). The van der Waals surface area contributed by atoms with E-state index in [0.29, 0.717) is 5.75 Å². The lowest BCUT2D eigenvalue weighted by Crippen LogP contribution is -2.25. The summed E-state index contributed by atoms with van der Waals surface area (Å²) in [6.45, 7) is 2.04. The summed E-state index contributed by atoms with van der Waals surface area (Å²) in [5.41, 5.74) is 3.33. The third-order valence-electron chi connectivity index (χ3n) is 3.37. The number of aryl methyl sites for hydroxylation is 1. The Morgan fingerprint density at radius 1 is 1.06 bits per heavy atom. The number of para-hydroxylation sites is 1. The standard InChI is InChI=1S/C16H14O2/c1-11-6-8-12(9-7-11)14-10-13-4-2-3-5-15(13)18-16(14)17/h2-9,14H,10H2,1H3. The van der Waals surface area contributed by atoms with Crippen molar-refractivity contribution >= 4 is 5.97 Å². The van der Waals surface area contributed by atoms with Crippen LogP contribution in [0.4, 0.5) is 0 Å². The van der Waals surface area contributed by atoms with Crippen LogP contribution in [-0.2, 0) is 11.2 Å². The molecule has 0 bridgehead atoms. The molecular weight excluding hydrogens is 224 g/mol. The van der Waals surface area contributed by atoms with E-state index in [4.69, 9.17) is 4.74 Å². The smallest absolute Gasteiger partial charge is 0.319 e. The van der Waals surface area contributed by atoms with Crippen molar-refractivity contribution in [1.29, 1.82) is 0 Å². The summed E-state index contributed by atoms with van der Waals surface area (Å²) in [5, 5.41) is 0. The molecule has 0 spiro atoms. The first-order valence-corrected chi connectivity index (χ1v) is 6.10. The molecule has 0 fully saturated rings. The van der Waals surface area contributed by atoms with Crippen LogP contribution in [-0.4, -0.2) is 5.97 Å². The number of hydrogen-bond donors (Lipinski definition) is 0. The van der Waals surface area contributed by atoms with Gasteiger partial charge in [-0.15, -0.1) is 0 Å². The van der Waals surface area contributed by atoms with Gasteiger partial charge in [-0.2, -0.15) is 0 Å². The summed E-state index contributed by atoms with van der Waals surface area (Å²) in [6, 6.07) is 15.8. The van der Waals surface area contributed by atoms with E-state index in [0.717, 1.165) is 17.5 Å². The fraction of sp³-hybridized carbons (Fsp3) is 0.188. The largest absolute Gasteiger partial charge is 0.426 e. The van der Waals surface area contributed by atoms with Crippen molar-refractivity contribution in [3.63, 3.8) is 0 Å². The van der Waals surface area contributed by atoms with Gasteiger partial charge in [-0.25, -0.2) is 0 Å². The highest BCUT2D eigenvalue weighted by Gasteiger charge is 2.29. The highest BCUT2D eigenvalue weighted by atomic mass is 16.5. The average molecular weight is 238 g/mol. The van der Waals surface area contributed by atoms with Crippen molar-refractivity contribution in [1.82, 2.24) is 0 Å².